The van der Waals surface area contributed by atoms with Gasteiger partial charge in [-0.15, -0.1) is 0 Å². The van der Waals surface area contributed by atoms with E-state index in [0.29, 0.717) is 17.1 Å². The number of anilines is 1. The predicted molar refractivity (Wildman–Crippen MR) is 136 cm³/mol. The third kappa shape index (κ3) is 7.91. The van der Waals surface area contributed by atoms with Crippen LogP contribution in [-0.2, 0) is 26.3 Å². The molecule has 0 aromatic heterocycles. The smallest absolute Gasteiger partial charge is 0.304 e. The Kier molecular flexibility index (Phi) is 10.1. The van der Waals surface area contributed by atoms with Gasteiger partial charge in [0, 0.05) is 32.2 Å². The van der Waals surface area contributed by atoms with Crippen LogP contribution in [0.1, 0.15) is 26.3 Å². The highest BCUT2D eigenvalue weighted by Crippen LogP contribution is 2.22. The third-order valence-corrected chi connectivity index (χ3v) is 7.28. The largest absolute Gasteiger partial charge is 0.354 e. The highest BCUT2D eigenvalue weighted by atomic mass is 35.5. The molecule has 0 spiro atoms. The number of nitrogens with zero attached hydrogens (tertiary/aromatic N) is 3. The third-order valence-electron chi connectivity index (χ3n) is 5.23. The molecule has 0 heterocycles. The Labute approximate surface area is 211 Å². The van der Waals surface area contributed by atoms with E-state index < -0.39 is 34.5 Å². The molecule has 0 aliphatic carbocycles. The van der Waals surface area contributed by atoms with Crippen molar-refractivity contribution in [1.29, 1.82) is 0 Å². The number of benzene rings is 2. The summed E-state index contributed by atoms with van der Waals surface area (Å²) in [7, 11) is -1.43. The molecular weight excluding hydrogens is 495 g/mol. The summed E-state index contributed by atoms with van der Waals surface area (Å²) in [5.41, 5.74) is 0.797. The van der Waals surface area contributed by atoms with E-state index >= 15 is 0 Å². The molecular formula is C24H32ClFN4O4S. The lowest BCUT2D eigenvalue weighted by Crippen LogP contribution is -2.52. The van der Waals surface area contributed by atoms with Gasteiger partial charge in [-0.1, -0.05) is 37.6 Å². The van der Waals surface area contributed by atoms with Crippen molar-refractivity contribution in [3.63, 3.8) is 0 Å². The molecule has 0 saturated carbocycles. The number of halogens is 2. The van der Waals surface area contributed by atoms with Crippen LogP contribution < -0.4 is 9.62 Å². The van der Waals surface area contributed by atoms with E-state index in [1.807, 2.05) is 13.8 Å². The van der Waals surface area contributed by atoms with Gasteiger partial charge in [0.05, 0.1) is 5.69 Å². The van der Waals surface area contributed by atoms with Gasteiger partial charge in [-0.2, -0.15) is 12.7 Å². The molecule has 2 amide bonds. The minimum atomic E-state index is -4.11. The fourth-order valence-corrected chi connectivity index (χ4v) is 4.46. The van der Waals surface area contributed by atoms with Gasteiger partial charge in [-0.25, -0.2) is 8.70 Å². The molecule has 11 heteroatoms. The molecule has 2 rings (SSSR count). The van der Waals surface area contributed by atoms with E-state index in [4.69, 9.17) is 11.6 Å². The molecule has 0 bridgehead atoms. The van der Waals surface area contributed by atoms with E-state index in [0.717, 1.165) is 20.7 Å². The summed E-state index contributed by atoms with van der Waals surface area (Å²) >= 11 is 6.10. The van der Waals surface area contributed by atoms with Crippen LogP contribution in [0.15, 0.2) is 48.5 Å². The molecule has 0 saturated heterocycles. The molecule has 1 N–H and O–H groups in total. The number of hydrogen-bond acceptors (Lipinski definition) is 4. The van der Waals surface area contributed by atoms with Crippen molar-refractivity contribution in [2.75, 3.05) is 31.5 Å². The molecule has 8 nitrogen and oxygen atoms in total. The average Bonchev–Trinajstić information content (AvgIpc) is 2.79. The number of carbonyl (C=O) groups is 2. The number of rotatable bonds is 11. The Morgan fingerprint density at radius 2 is 1.69 bits per heavy atom. The predicted octanol–water partition coefficient (Wildman–Crippen LogP) is 3.28. The zero-order chi connectivity index (χ0) is 26.3. The maximum Gasteiger partial charge on any atom is 0.304 e. The lowest BCUT2D eigenvalue weighted by atomic mass is 10.1. The first-order valence-electron chi connectivity index (χ1n) is 11.1. The van der Waals surface area contributed by atoms with Gasteiger partial charge in [-0.05, 0) is 54.8 Å². The van der Waals surface area contributed by atoms with Gasteiger partial charge >= 0.3 is 10.2 Å². The highest BCUT2D eigenvalue weighted by Gasteiger charge is 2.32. The summed E-state index contributed by atoms with van der Waals surface area (Å²) in [5.74, 6) is -1.30. The second-order valence-electron chi connectivity index (χ2n) is 8.74. The Hall–Kier alpha value is -2.69. The molecule has 0 fully saturated rings. The van der Waals surface area contributed by atoms with E-state index in [1.165, 1.54) is 31.1 Å². The van der Waals surface area contributed by atoms with Crippen LogP contribution in [0, 0.1) is 11.7 Å². The van der Waals surface area contributed by atoms with Crippen LogP contribution >= 0.6 is 11.6 Å². The first-order chi connectivity index (χ1) is 16.3. The molecule has 2 aromatic carbocycles. The number of amides is 2. The SMILES string of the molecule is CC(C)CNC(=O)C(C)N(Cc1cccc(Cl)c1)C(=O)CN(c1ccc(F)cc1)S(=O)(=O)N(C)C. The van der Waals surface area contributed by atoms with Gasteiger partial charge in [0.1, 0.15) is 18.4 Å². The molecule has 35 heavy (non-hydrogen) atoms. The Bertz CT molecular complexity index is 1130. The fourth-order valence-electron chi connectivity index (χ4n) is 3.19. The Morgan fingerprint density at radius 1 is 1.06 bits per heavy atom. The summed E-state index contributed by atoms with van der Waals surface area (Å²) in [6.45, 7) is 5.36. The van der Waals surface area contributed by atoms with Crippen molar-refractivity contribution >= 4 is 39.3 Å². The van der Waals surface area contributed by atoms with Gasteiger partial charge in [-0.3, -0.25) is 9.59 Å². The average molecular weight is 527 g/mol. The standard InChI is InChI=1S/C24H32ClFN4O4S/c1-17(2)14-27-24(32)18(3)29(15-19-7-6-8-20(25)13-19)23(31)16-30(35(33,34)28(4)5)22-11-9-21(26)10-12-22/h6-13,17-18H,14-16H2,1-5H3,(H,27,32). The van der Waals surface area contributed by atoms with E-state index in [2.05, 4.69) is 5.32 Å². The zero-order valence-electron chi connectivity index (χ0n) is 20.5. The Balaban J connectivity index is 2.42. The lowest BCUT2D eigenvalue weighted by molar-refractivity contribution is -0.139. The molecule has 192 valence electrons. The monoisotopic (exact) mass is 526 g/mol. The first-order valence-corrected chi connectivity index (χ1v) is 12.9. The minimum Gasteiger partial charge on any atom is -0.354 e. The van der Waals surface area contributed by atoms with Crippen molar-refractivity contribution in [2.45, 2.75) is 33.4 Å². The summed E-state index contributed by atoms with van der Waals surface area (Å²) in [6.07, 6.45) is 0. The van der Waals surface area contributed by atoms with Gasteiger partial charge in [0.2, 0.25) is 11.8 Å². The first kappa shape index (κ1) is 28.5. The van der Waals surface area contributed by atoms with Crippen molar-refractivity contribution in [3.8, 4) is 0 Å². The van der Waals surface area contributed by atoms with Crippen LogP contribution in [0.5, 0.6) is 0 Å². The number of carbonyl (C=O) groups excluding carboxylic acids is 2. The topological polar surface area (TPSA) is 90.0 Å². The van der Waals surface area contributed by atoms with E-state index in [-0.39, 0.29) is 24.1 Å². The molecule has 1 unspecified atom stereocenters. The van der Waals surface area contributed by atoms with Crippen LogP contribution in [-0.4, -0.2) is 62.7 Å². The lowest BCUT2D eigenvalue weighted by Gasteiger charge is -2.33. The molecule has 0 aliphatic rings. The van der Waals surface area contributed by atoms with Crippen molar-refractivity contribution < 1.29 is 22.4 Å². The second-order valence-corrected chi connectivity index (χ2v) is 11.2. The summed E-state index contributed by atoms with van der Waals surface area (Å²) in [6, 6.07) is 10.8. The molecule has 1 atom stereocenters. The van der Waals surface area contributed by atoms with Crippen molar-refractivity contribution in [2.24, 2.45) is 5.92 Å². The maximum atomic E-state index is 13.6. The van der Waals surface area contributed by atoms with Crippen LogP contribution in [0.4, 0.5) is 10.1 Å². The highest BCUT2D eigenvalue weighted by molar-refractivity contribution is 7.90. The van der Waals surface area contributed by atoms with E-state index in [1.54, 1.807) is 31.2 Å². The Morgan fingerprint density at radius 3 is 2.23 bits per heavy atom. The van der Waals surface area contributed by atoms with Gasteiger partial charge in [0.15, 0.2) is 0 Å². The summed E-state index contributed by atoms with van der Waals surface area (Å²) in [5, 5.41) is 3.28. The van der Waals surface area contributed by atoms with Gasteiger partial charge < -0.3 is 10.2 Å². The quantitative estimate of drug-likeness (QED) is 0.486. The number of hydrogen-bond donors (Lipinski definition) is 1. The fraction of sp³-hybridized carbons (Fsp3) is 0.417. The van der Waals surface area contributed by atoms with Crippen LogP contribution in [0.3, 0.4) is 0 Å². The normalized spacial score (nSPS) is 12.5. The zero-order valence-corrected chi connectivity index (χ0v) is 22.1. The summed E-state index contributed by atoms with van der Waals surface area (Å²) in [4.78, 5) is 27.7. The van der Waals surface area contributed by atoms with E-state index in [9.17, 15) is 22.4 Å². The summed E-state index contributed by atoms with van der Waals surface area (Å²) < 4.78 is 41.4. The van der Waals surface area contributed by atoms with Crippen LogP contribution in [0.2, 0.25) is 5.02 Å². The number of nitrogens with one attached hydrogen (secondary N) is 1. The minimum absolute atomic E-state index is 0.0366. The van der Waals surface area contributed by atoms with Crippen molar-refractivity contribution in [3.05, 3.63) is 64.9 Å². The second kappa shape index (κ2) is 12.3. The molecule has 0 aliphatic heterocycles. The van der Waals surface area contributed by atoms with Gasteiger partial charge in [0.25, 0.3) is 0 Å². The molecule has 2 aromatic rings. The molecule has 0 radical (unpaired) electrons. The maximum absolute atomic E-state index is 13.6. The van der Waals surface area contributed by atoms with Crippen LogP contribution in [0.25, 0.3) is 0 Å². The van der Waals surface area contributed by atoms with Crippen molar-refractivity contribution in [1.82, 2.24) is 14.5 Å².